The zero-order chi connectivity index (χ0) is 16.2. The molecule has 23 heavy (non-hydrogen) atoms. The van der Waals surface area contributed by atoms with Crippen LogP contribution < -0.4 is 10.5 Å². The predicted octanol–water partition coefficient (Wildman–Crippen LogP) is 4.17. The molecule has 0 atom stereocenters. The lowest BCUT2D eigenvalue weighted by Crippen LogP contribution is -1.99. The summed E-state index contributed by atoms with van der Waals surface area (Å²) in [5.74, 6) is 0.604. The van der Waals surface area contributed by atoms with E-state index in [9.17, 15) is 0 Å². The number of fused-ring (bicyclic) bond motifs is 1. The Morgan fingerprint density at radius 1 is 1.22 bits per heavy atom. The number of nitrogens with two attached hydrogens (primary N) is 1. The molecule has 120 valence electrons. The second-order valence-corrected chi connectivity index (χ2v) is 5.92. The van der Waals surface area contributed by atoms with Crippen LogP contribution in [-0.2, 0) is 6.42 Å². The number of methoxy groups -OCH3 is 1. The molecule has 0 amide bonds. The summed E-state index contributed by atoms with van der Waals surface area (Å²) in [7, 11) is 1.62. The summed E-state index contributed by atoms with van der Waals surface area (Å²) in [4.78, 5) is 8.03. The first-order valence-electron chi connectivity index (χ1n) is 7.74. The summed E-state index contributed by atoms with van der Waals surface area (Å²) < 4.78 is 5.25. The van der Waals surface area contributed by atoms with Gasteiger partial charge < -0.3 is 15.5 Å². The maximum Gasteiger partial charge on any atom is 0.213 e. The van der Waals surface area contributed by atoms with Crippen molar-refractivity contribution in [2.45, 2.75) is 19.3 Å². The standard InChI is InChI=1S/C18H20ClN3O/c1-23-17-7-4-6-16(21-17)18-13(5-2-3-10-20)14-11-12(19)8-9-15(14)22-18/h4,6-9,11,22H,2-3,5,10,20H2,1H3. The van der Waals surface area contributed by atoms with Gasteiger partial charge in [0.1, 0.15) is 0 Å². The lowest BCUT2D eigenvalue weighted by molar-refractivity contribution is 0.398. The number of aryl methyl sites for hydroxylation is 1. The molecule has 3 aromatic rings. The van der Waals surface area contributed by atoms with Crippen molar-refractivity contribution in [1.29, 1.82) is 0 Å². The Morgan fingerprint density at radius 3 is 2.87 bits per heavy atom. The van der Waals surface area contributed by atoms with E-state index >= 15 is 0 Å². The van der Waals surface area contributed by atoms with Crippen LogP contribution in [0, 0.1) is 0 Å². The van der Waals surface area contributed by atoms with Crippen LogP contribution in [0.2, 0.25) is 5.02 Å². The third-order valence-electron chi connectivity index (χ3n) is 3.94. The van der Waals surface area contributed by atoms with E-state index in [0.29, 0.717) is 12.4 Å². The number of nitrogens with one attached hydrogen (secondary N) is 1. The summed E-state index contributed by atoms with van der Waals surface area (Å²) >= 11 is 6.19. The van der Waals surface area contributed by atoms with E-state index < -0.39 is 0 Å². The maximum atomic E-state index is 6.19. The van der Waals surface area contributed by atoms with Gasteiger partial charge in [0.2, 0.25) is 5.88 Å². The zero-order valence-corrected chi connectivity index (χ0v) is 13.9. The smallest absolute Gasteiger partial charge is 0.213 e. The Kier molecular flexibility index (Phi) is 4.84. The third-order valence-corrected chi connectivity index (χ3v) is 4.17. The van der Waals surface area contributed by atoms with Crippen molar-refractivity contribution in [3.8, 4) is 17.3 Å². The minimum atomic E-state index is 0.604. The summed E-state index contributed by atoms with van der Waals surface area (Å²) in [5.41, 5.74) is 9.83. The van der Waals surface area contributed by atoms with Crippen molar-refractivity contribution in [3.05, 3.63) is 47.0 Å². The molecule has 0 spiro atoms. The third kappa shape index (κ3) is 3.33. The number of pyridine rings is 1. The van der Waals surface area contributed by atoms with Gasteiger partial charge in [0.25, 0.3) is 0 Å². The number of benzene rings is 1. The number of aromatic amines is 1. The van der Waals surface area contributed by atoms with E-state index in [4.69, 9.17) is 22.1 Å². The normalized spacial score (nSPS) is 11.1. The van der Waals surface area contributed by atoms with Crippen LogP contribution in [0.25, 0.3) is 22.3 Å². The molecule has 0 saturated carbocycles. The fourth-order valence-electron chi connectivity index (χ4n) is 2.81. The molecule has 0 fully saturated rings. The van der Waals surface area contributed by atoms with Gasteiger partial charge in [-0.3, -0.25) is 0 Å². The highest BCUT2D eigenvalue weighted by Crippen LogP contribution is 2.32. The molecular formula is C18H20ClN3O. The first-order chi connectivity index (χ1) is 11.2. The van der Waals surface area contributed by atoms with Gasteiger partial charge in [0.05, 0.1) is 18.5 Å². The molecule has 0 bridgehead atoms. The lowest BCUT2D eigenvalue weighted by atomic mass is 10.0. The van der Waals surface area contributed by atoms with Gasteiger partial charge in [-0.1, -0.05) is 17.7 Å². The Morgan fingerprint density at radius 2 is 2.09 bits per heavy atom. The van der Waals surface area contributed by atoms with E-state index in [1.807, 2.05) is 36.4 Å². The number of hydrogen-bond acceptors (Lipinski definition) is 3. The van der Waals surface area contributed by atoms with Gasteiger partial charge in [-0.15, -0.1) is 0 Å². The molecule has 0 radical (unpaired) electrons. The van der Waals surface area contributed by atoms with Crippen molar-refractivity contribution >= 4 is 22.5 Å². The van der Waals surface area contributed by atoms with E-state index in [1.165, 1.54) is 5.56 Å². The van der Waals surface area contributed by atoms with Crippen molar-refractivity contribution in [1.82, 2.24) is 9.97 Å². The lowest BCUT2D eigenvalue weighted by Gasteiger charge is -2.06. The second kappa shape index (κ2) is 7.02. The molecule has 2 heterocycles. The number of ether oxygens (including phenoxy) is 1. The zero-order valence-electron chi connectivity index (χ0n) is 13.1. The van der Waals surface area contributed by atoms with Crippen LogP contribution in [0.5, 0.6) is 5.88 Å². The summed E-state index contributed by atoms with van der Waals surface area (Å²) in [6.45, 7) is 0.704. The first kappa shape index (κ1) is 15.8. The molecule has 0 unspecified atom stereocenters. The Labute approximate surface area is 140 Å². The molecule has 5 heteroatoms. The van der Waals surface area contributed by atoms with Crippen LogP contribution in [0.3, 0.4) is 0 Å². The van der Waals surface area contributed by atoms with Crippen LogP contribution in [0.1, 0.15) is 18.4 Å². The molecule has 0 aliphatic heterocycles. The maximum absolute atomic E-state index is 6.19. The summed E-state index contributed by atoms with van der Waals surface area (Å²) in [6, 6.07) is 11.7. The van der Waals surface area contributed by atoms with E-state index in [-0.39, 0.29) is 0 Å². The number of aromatic nitrogens is 2. The topological polar surface area (TPSA) is 63.9 Å². The van der Waals surface area contributed by atoms with Crippen LogP contribution >= 0.6 is 11.6 Å². The van der Waals surface area contributed by atoms with Gasteiger partial charge in [-0.25, -0.2) is 4.98 Å². The van der Waals surface area contributed by atoms with Gasteiger partial charge in [-0.2, -0.15) is 0 Å². The van der Waals surface area contributed by atoms with Crippen LogP contribution in [0.15, 0.2) is 36.4 Å². The minimum absolute atomic E-state index is 0.604. The number of hydrogen-bond donors (Lipinski definition) is 2. The highest BCUT2D eigenvalue weighted by Gasteiger charge is 2.15. The van der Waals surface area contributed by atoms with Gasteiger partial charge >= 0.3 is 0 Å². The molecule has 0 aliphatic rings. The fourth-order valence-corrected chi connectivity index (χ4v) is 2.98. The molecule has 3 N–H and O–H groups in total. The van der Waals surface area contributed by atoms with E-state index in [2.05, 4.69) is 9.97 Å². The van der Waals surface area contributed by atoms with E-state index in [0.717, 1.165) is 46.6 Å². The van der Waals surface area contributed by atoms with Crippen molar-refractivity contribution in [2.75, 3.05) is 13.7 Å². The first-order valence-corrected chi connectivity index (χ1v) is 8.12. The predicted molar refractivity (Wildman–Crippen MR) is 95.1 cm³/mol. The van der Waals surface area contributed by atoms with Crippen LogP contribution in [-0.4, -0.2) is 23.6 Å². The average molecular weight is 330 g/mol. The van der Waals surface area contributed by atoms with Gasteiger partial charge in [-0.05, 0) is 55.6 Å². The molecule has 0 saturated heterocycles. The molecule has 1 aromatic carbocycles. The van der Waals surface area contributed by atoms with Crippen LogP contribution in [0.4, 0.5) is 0 Å². The monoisotopic (exact) mass is 329 g/mol. The molecule has 0 aliphatic carbocycles. The second-order valence-electron chi connectivity index (χ2n) is 5.48. The quantitative estimate of drug-likeness (QED) is 0.667. The minimum Gasteiger partial charge on any atom is -0.481 e. The van der Waals surface area contributed by atoms with Gasteiger partial charge in [0.15, 0.2) is 0 Å². The highest BCUT2D eigenvalue weighted by molar-refractivity contribution is 6.31. The SMILES string of the molecule is COc1cccc(-c2[nH]c3ccc(Cl)cc3c2CCCCN)n1. The summed E-state index contributed by atoms with van der Waals surface area (Å²) in [5, 5.41) is 1.89. The Hall–Kier alpha value is -2.04. The molecule has 2 aromatic heterocycles. The number of H-pyrrole nitrogens is 1. The highest BCUT2D eigenvalue weighted by atomic mass is 35.5. The fraction of sp³-hybridized carbons (Fsp3) is 0.278. The van der Waals surface area contributed by atoms with Crippen molar-refractivity contribution in [3.63, 3.8) is 0 Å². The van der Waals surface area contributed by atoms with E-state index in [1.54, 1.807) is 7.11 Å². The van der Waals surface area contributed by atoms with Crippen molar-refractivity contribution in [2.24, 2.45) is 5.73 Å². The van der Waals surface area contributed by atoms with Crippen molar-refractivity contribution < 1.29 is 4.74 Å². The number of unbranched alkanes of at least 4 members (excludes halogenated alkanes) is 1. The summed E-state index contributed by atoms with van der Waals surface area (Å²) in [6.07, 6.45) is 2.97. The number of halogens is 1. The Balaban J connectivity index is 2.11. The molecular weight excluding hydrogens is 310 g/mol. The molecule has 3 rings (SSSR count). The number of rotatable bonds is 6. The number of nitrogens with zero attached hydrogens (tertiary/aromatic N) is 1. The molecule has 4 nitrogen and oxygen atoms in total. The largest absolute Gasteiger partial charge is 0.481 e. The Bertz CT molecular complexity index is 813. The average Bonchev–Trinajstić information content (AvgIpc) is 2.93. The van der Waals surface area contributed by atoms with Gasteiger partial charge in [0, 0.05) is 22.0 Å².